The van der Waals surface area contributed by atoms with Crippen LogP contribution < -0.4 is 9.80 Å². The van der Waals surface area contributed by atoms with Gasteiger partial charge in [0, 0.05) is 84.9 Å². The molecule has 2 heterocycles. The van der Waals surface area contributed by atoms with Crippen LogP contribution in [-0.2, 0) is 10.8 Å². The predicted octanol–water partition coefficient (Wildman–Crippen LogP) is 20.5. The molecule has 0 fully saturated rings. The number of hydrogen-bond acceptors (Lipinski definition) is 5. The van der Waals surface area contributed by atoms with Crippen molar-refractivity contribution in [1.29, 1.82) is 0 Å². The standard InChI is InChI=1S/C70H50N2OS2/c1-69(2)57-22-11-7-17-47(57)49-32-28-44(40-59(49)69)71(42-30-36-66-55(38-42)52-20-9-13-26-64(52)74-66)61-35-34-54(46-16-5-6-19-51(46)61)68-62(24-15-25-63(68)73)72(43-31-37-67-56(39-43)53-21-10-14-27-65(53)75-67)45-29-33-50-48-18-8-12-23-58(48)70(3,4)60(50)41-45/h5-41,73H,1-4H3. The fraction of sp³-hybridized carbons (Fsp3) is 0.0857. The maximum absolute atomic E-state index is 12.6. The highest BCUT2D eigenvalue weighted by Gasteiger charge is 2.38. The summed E-state index contributed by atoms with van der Waals surface area (Å²) in [5.74, 6) is 0.221. The average molecular weight is 999 g/mol. The van der Waals surface area contributed by atoms with E-state index in [-0.39, 0.29) is 16.6 Å². The van der Waals surface area contributed by atoms with E-state index < -0.39 is 0 Å². The molecule has 0 unspecified atom stereocenters. The minimum atomic E-state index is -0.208. The smallest absolute Gasteiger partial charge is 0.125 e. The van der Waals surface area contributed by atoms with Gasteiger partial charge in [-0.3, -0.25) is 0 Å². The van der Waals surface area contributed by atoms with Gasteiger partial charge >= 0.3 is 0 Å². The molecule has 5 heteroatoms. The van der Waals surface area contributed by atoms with Gasteiger partial charge in [0.2, 0.25) is 0 Å². The Kier molecular flexibility index (Phi) is 9.55. The minimum absolute atomic E-state index is 0.181. The van der Waals surface area contributed by atoms with Gasteiger partial charge in [0.15, 0.2) is 0 Å². The highest BCUT2D eigenvalue weighted by atomic mass is 32.1. The van der Waals surface area contributed by atoms with Gasteiger partial charge < -0.3 is 14.9 Å². The monoisotopic (exact) mass is 998 g/mol. The second-order valence-electron chi connectivity index (χ2n) is 21.4. The lowest BCUT2D eigenvalue weighted by molar-refractivity contribution is 0.477. The Morgan fingerprint density at radius 3 is 1.28 bits per heavy atom. The summed E-state index contributed by atoms with van der Waals surface area (Å²) in [5, 5.41) is 19.7. The number of nitrogens with zero attached hydrogens (tertiary/aromatic N) is 2. The van der Waals surface area contributed by atoms with Gasteiger partial charge in [-0.2, -0.15) is 0 Å². The molecule has 0 saturated heterocycles. The van der Waals surface area contributed by atoms with Gasteiger partial charge in [-0.05, 0) is 146 Å². The molecule has 0 spiro atoms. The lowest BCUT2D eigenvalue weighted by atomic mass is 9.82. The van der Waals surface area contributed by atoms with E-state index in [0.29, 0.717) is 0 Å². The highest BCUT2D eigenvalue weighted by Crippen LogP contribution is 2.55. The summed E-state index contributed by atoms with van der Waals surface area (Å²) in [6.07, 6.45) is 0. The molecule has 0 radical (unpaired) electrons. The number of phenolic OH excluding ortho intramolecular Hbond substituents is 1. The molecular weight excluding hydrogens is 949 g/mol. The largest absolute Gasteiger partial charge is 0.507 e. The van der Waals surface area contributed by atoms with Crippen LogP contribution in [0.5, 0.6) is 5.75 Å². The van der Waals surface area contributed by atoms with Gasteiger partial charge in [-0.25, -0.2) is 0 Å². The Bertz CT molecular complexity index is 4540. The maximum Gasteiger partial charge on any atom is 0.125 e. The molecule has 2 aliphatic carbocycles. The normalized spacial score (nSPS) is 13.9. The van der Waals surface area contributed by atoms with Crippen molar-refractivity contribution in [2.24, 2.45) is 0 Å². The average Bonchev–Trinajstić information content (AvgIpc) is 4.14. The van der Waals surface area contributed by atoms with Crippen molar-refractivity contribution in [3.63, 3.8) is 0 Å². The number of hydrogen-bond donors (Lipinski definition) is 1. The third-order valence-electron chi connectivity index (χ3n) is 16.6. The first-order chi connectivity index (χ1) is 36.6. The third-order valence-corrected chi connectivity index (χ3v) is 18.9. The van der Waals surface area contributed by atoms with Crippen molar-refractivity contribution in [2.75, 3.05) is 9.80 Å². The quantitative estimate of drug-likeness (QED) is 0.172. The van der Waals surface area contributed by atoms with E-state index in [1.165, 1.54) is 84.9 Å². The van der Waals surface area contributed by atoms with Crippen LogP contribution in [0.1, 0.15) is 49.9 Å². The summed E-state index contributed by atoms with van der Waals surface area (Å²) < 4.78 is 5.07. The molecule has 11 aromatic carbocycles. The van der Waals surface area contributed by atoms with Gasteiger partial charge in [0.05, 0.1) is 11.4 Å². The van der Waals surface area contributed by atoms with Crippen molar-refractivity contribution < 1.29 is 5.11 Å². The fourth-order valence-electron chi connectivity index (χ4n) is 12.9. The van der Waals surface area contributed by atoms with Crippen molar-refractivity contribution in [2.45, 2.75) is 38.5 Å². The van der Waals surface area contributed by atoms with Crippen LogP contribution in [0, 0.1) is 0 Å². The summed E-state index contributed by atoms with van der Waals surface area (Å²) in [6, 6.07) is 82.3. The molecule has 75 heavy (non-hydrogen) atoms. The van der Waals surface area contributed by atoms with Crippen LogP contribution in [0.25, 0.3) is 84.5 Å². The Morgan fingerprint density at radius 1 is 0.307 bits per heavy atom. The van der Waals surface area contributed by atoms with E-state index in [4.69, 9.17) is 0 Å². The molecule has 3 nitrogen and oxygen atoms in total. The Balaban J connectivity index is 0.952. The lowest BCUT2D eigenvalue weighted by Crippen LogP contribution is -2.17. The molecule has 0 bridgehead atoms. The maximum atomic E-state index is 12.6. The Labute approximate surface area is 444 Å². The first kappa shape index (κ1) is 44.0. The number of anilines is 6. The molecule has 2 aliphatic rings. The zero-order chi connectivity index (χ0) is 50.3. The molecule has 0 saturated carbocycles. The van der Waals surface area contributed by atoms with Crippen molar-refractivity contribution >= 4 is 108 Å². The summed E-state index contributed by atoms with van der Waals surface area (Å²) in [4.78, 5) is 4.83. The number of thiophene rings is 2. The SMILES string of the molecule is CC1(C)c2ccccc2-c2ccc(N(c3ccc4sc5ccccc5c4c3)c3cccc(O)c3-c3ccc(N(c4ccc5c(c4)C(C)(C)c4ccccc4-5)c4ccc5sc6ccccc6c5c4)c4ccccc34)cc21. The van der Waals surface area contributed by atoms with E-state index in [1.54, 1.807) is 0 Å². The summed E-state index contributed by atoms with van der Waals surface area (Å²) in [6.45, 7) is 9.40. The summed E-state index contributed by atoms with van der Waals surface area (Å²) >= 11 is 3.67. The molecule has 15 rings (SSSR count). The number of benzene rings is 11. The van der Waals surface area contributed by atoms with Crippen molar-refractivity contribution in [1.82, 2.24) is 0 Å². The number of fused-ring (bicyclic) bond motifs is 13. The zero-order valence-corrected chi connectivity index (χ0v) is 43.7. The van der Waals surface area contributed by atoms with E-state index in [2.05, 4.69) is 250 Å². The van der Waals surface area contributed by atoms with Gasteiger partial charge in [0.1, 0.15) is 5.75 Å². The molecule has 2 aromatic heterocycles. The Morgan fingerprint density at radius 2 is 0.720 bits per heavy atom. The molecule has 0 aliphatic heterocycles. The van der Waals surface area contributed by atoms with Crippen LogP contribution in [0.3, 0.4) is 0 Å². The fourth-order valence-corrected chi connectivity index (χ4v) is 15.1. The van der Waals surface area contributed by atoms with Crippen molar-refractivity contribution in [3.05, 3.63) is 247 Å². The van der Waals surface area contributed by atoms with Gasteiger partial charge in [-0.15, -0.1) is 22.7 Å². The predicted molar refractivity (Wildman–Crippen MR) is 321 cm³/mol. The zero-order valence-electron chi connectivity index (χ0n) is 42.0. The highest BCUT2D eigenvalue weighted by molar-refractivity contribution is 7.26. The summed E-state index contributed by atoms with van der Waals surface area (Å²) in [7, 11) is 0. The van der Waals surface area contributed by atoms with E-state index in [9.17, 15) is 5.11 Å². The third kappa shape index (κ3) is 6.51. The van der Waals surface area contributed by atoms with Crippen LogP contribution in [0.15, 0.2) is 224 Å². The van der Waals surface area contributed by atoms with Crippen LogP contribution in [0.4, 0.5) is 34.1 Å². The molecule has 1 N–H and O–H groups in total. The van der Waals surface area contributed by atoms with E-state index in [0.717, 1.165) is 56.0 Å². The van der Waals surface area contributed by atoms with E-state index in [1.807, 2.05) is 34.8 Å². The summed E-state index contributed by atoms with van der Waals surface area (Å²) in [5.41, 5.74) is 18.0. The number of aromatic hydroxyl groups is 1. The minimum Gasteiger partial charge on any atom is -0.507 e. The molecule has 13 aromatic rings. The van der Waals surface area contributed by atoms with E-state index >= 15 is 0 Å². The Hall–Kier alpha value is -8.48. The van der Waals surface area contributed by atoms with Crippen LogP contribution in [0.2, 0.25) is 0 Å². The van der Waals surface area contributed by atoms with Gasteiger partial charge in [-0.1, -0.05) is 161 Å². The first-order valence-electron chi connectivity index (χ1n) is 25.9. The molecule has 0 amide bonds. The topological polar surface area (TPSA) is 26.7 Å². The van der Waals surface area contributed by atoms with Crippen molar-refractivity contribution in [3.8, 4) is 39.1 Å². The van der Waals surface area contributed by atoms with Crippen LogP contribution >= 0.6 is 22.7 Å². The number of phenols is 1. The van der Waals surface area contributed by atoms with Crippen LogP contribution in [-0.4, -0.2) is 5.11 Å². The second kappa shape index (κ2) is 16.3. The lowest BCUT2D eigenvalue weighted by Gasteiger charge is -2.31. The molecule has 0 atom stereocenters. The van der Waals surface area contributed by atoms with Gasteiger partial charge in [0.25, 0.3) is 0 Å². The molecule has 358 valence electrons. The second-order valence-corrected chi connectivity index (χ2v) is 23.5. The number of rotatable bonds is 7. The molecular formula is C70H50N2OS2. The first-order valence-corrected chi connectivity index (χ1v) is 27.5.